The van der Waals surface area contributed by atoms with Crippen molar-refractivity contribution in [3.63, 3.8) is 0 Å². The molecule has 0 aromatic heterocycles. The van der Waals surface area contributed by atoms with Crippen molar-refractivity contribution >= 4 is 11.6 Å². The second-order valence-electron chi connectivity index (χ2n) is 9.88. The summed E-state index contributed by atoms with van der Waals surface area (Å²) in [5.41, 5.74) is -0.761. The Morgan fingerprint density at radius 3 is 2.78 bits per heavy atom. The van der Waals surface area contributed by atoms with Crippen LogP contribution < -0.4 is 0 Å². The molecule has 1 spiro atoms. The average Bonchev–Trinajstić information content (AvgIpc) is 3.26. The molecule has 3 saturated carbocycles. The molecule has 4 fully saturated rings. The van der Waals surface area contributed by atoms with E-state index in [-0.39, 0.29) is 46.8 Å². The fraction of sp³-hybridized carbons (Fsp3) is 0.727. The molecular formula is C22H27FO4. The molecule has 1 heterocycles. The maximum absolute atomic E-state index is 15.3. The lowest BCUT2D eigenvalue weighted by Crippen LogP contribution is -2.59. The van der Waals surface area contributed by atoms with Crippen molar-refractivity contribution in [2.45, 2.75) is 57.9 Å². The minimum Gasteiger partial charge on any atom is -0.389 e. The highest BCUT2D eigenvalue weighted by molar-refractivity contribution is 6.01. The third-order valence-electron chi connectivity index (χ3n) is 8.76. The maximum Gasteiger partial charge on any atom is 0.178 e. The number of epoxide rings is 1. The van der Waals surface area contributed by atoms with E-state index in [9.17, 15) is 14.7 Å². The van der Waals surface area contributed by atoms with Crippen LogP contribution in [0, 0.1) is 34.5 Å². The van der Waals surface area contributed by atoms with Crippen LogP contribution in [0.1, 0.15) is 40.0 Å². The third-order valence-corrected chi connectivity index (χ3v) is 8.76. The number of Topliss-reactive ketones (excluding diaryl/α,β-unsaturated/α-hetero) is 1. The van der Waals surface area contributed by atoms with E-state index in [1.807, 2.05) is 13.0 Å². The van der Waals surface area contributed by atoms with Gasteiger partial charge in [-0.2, -0.15) is 0 Å². The fourth-order valence-electron chi connectivity index (χ4n) is 7.79. The quantitative estimate of drug-likeness (QED) is 0.755. The van der Waals surface area contributed by atoms with Crippen molar-refractivity contribution in [2.24, 2.45) is 34.5 Å². The summed E-state index contributed by atoms with van der Waals surface area (Å²) in [5.74, 6) is -0.0461. The van der Waals surface area contributed by atoms with Gasteiger partial charge in [-0.25, -0.2) is 4.39 Å². The van der Waals surface area contributed by atoms with E-state index in [0.29, 0.717) is 12.0 Å². The molecule has 4 nitrogen and oxygen atoms in total. The second-order valence-corrected chi connectivity index (χ2v) is 9.88. The minimum absolute atomic E-state index is 0.0233. The van der Waals surface area contributed by atoms with Gasteiger partial charge < -0.3 is 9.84 Å². The molecule has 4 aliphatic carbocycles. The molecule has 0 amide bonds. The molecule has 146 valence electrons. The summed E-state index contributed by atoms with van der Waals surface area (Å²) < 4.78 is 21.7. The summed E-state index contributed by atoms with van der Waals surface area (Å²) >= 11 is 0. The summed E-state index contributed by atoms with van der Waals surface area (Å²) in [4.78, 5) is 24.4. The van der Waals surface area contributed by atoms with Gasteiger partial charge in [0.2, 0.25) is 0 Å². The van der Waals surface area contributed by atoms with Gasteiger partial charge >= 0.3 is 0 Å². The molecule has 5 heteroatoms. The van der Waals surface area contributed by atoms with E-state index in [1.165, 1.54) is 6.08 Å². The van der Waals surface area contributed by atoms with Gasteiger partial charge in [-0.05, 0) is 67.1 Å². The highest BCUT2D eigenvalue weighted by Gasteiger charge is 2.80. The van der Waals surface area contributed by atoms with Crippen molar-refractivity contribution in [3.8, 4) is 0 Å². The van der Waals surface area contributed by atoms with Gasteiger partial charge in [0.25, 0.3) is 0 Å². The number of alkyl halides is 1. The van der Waals surface area contributed by atoms with Crippen molar-refractivity contribution < 1.29 is 23.8 Å². The number of aliphatic hydroxyl groups excluding tert-OH is 1. The summed E-state index contributed by atoms with van der Waals surface area (Å²) in [7, 11) is 0. The third kappa shape index (κ3) is 1.90. The highest BCUT2D eigenvalue weighted by atomic mass is 19.1. The van der Waals surface area contributed by atoms with Crippen LogP contribution in [-0.4, -0.2) is 41.2 Å². The Hall–Kier alpha value is -1.33. The molecule has 27 heavy (non-hydrogen) atoms. The second kappa shape index (κ2) is 5.18. The molecule has 5 aliphatic rings. The number of hydrogen-bond donors (Lipinski definition) is 1. The molecule has 0 aromatic carbocycles. The van der Waals surface area contributed by atoms with E-state index in [0.717, 1.165) is 12.8 Å². The van der Waals surface area contributed by atoms with Gasteiger partial charge in [-0.3, -0.25) is 9.59 Å². The van der Waals surface area contributed by atoms with Crippen molar-refractivity contribution in [3.05, 3.63) is 23.8 Å². The Morgan fingerprint density at radius 1 is 1.33 bits per heavy atom. The number of rotatable bonds is 2. The SMILES string of the molecule is CC1CC2C3CC(F)C4=CC(=O)C=C[C@]4(C)[C@@]34OC4C[C@]2(C)C1C(=O)CO. The van der Waals surface area contributed by atoms with Crippen LogP contribution in [-0.2, 0) is 14.3 Å². The van der Waals surface area contributed by atoms with Crippen LogP contribution in [0.3, 0.4) is 0 Å². The molecule has 6 unspecified atom stereocenters. The number of aliphatic hydroxyl groups is 1. The maximum atomic E-state index is 15.3. The summed E-state index contributed by atoms with van der Waals surface area (Å²) in [6.07, 6.45) is 5.67. The number of ether oxygens (including phenoxy) is 1. The van der Waals surface area contributed by atoms with Gasteiger partial charge in [0.1, 0.15) is 18.4 Å². The zero-order valence-electron chi connectivity index (χ0n) is 16.1. The lowest BCUT2D eigenvalue weighted by molar-refractivity contribution is -0.132. The van der Waals surface area contributed by atoms with E-state index < -0.39 is 23.8 Å². The van der Waals surface area contributed by atoms with Gasteiger partial charge in [0, 0.05) is 11.3 Å². The van der Waals surface area contributed by atoms with Crippen LogP contribution in [0.25, 0.3) is 0 Å². The van der Waals surface area contributed by atoms with Crippen LogP contribution in [0.2, 0.25) is 0 Å². The number of hydrogen-bond acceptors (Lipinski definition) is 4. The lowest BCUT2D eigenvalue weighted by atomic mass is 9.47. The first-order chi connectivity index (χ1) is 12.7. The van der Waals surface area contributed by atoms with Gasteiger partial charge in [-0.1, -0.05) is 19.9 Å². The summed E-state index contributed by atoms with van der Waals surface area (Å²) in [6.45, 7) is 5.81. The average molecular weight is 374 g/mol. The predicted octanol–water partition coefficient (Wildman–Crippen LogP) is 2.80. The van der Waals surface area contributed by atoms with Crippen molar-refractivity contribution in [1.82, 2.24) is 0 Å². The normalized spacial score (nSPS) is 55.1. The highest BCUT2D eigenvalue weighted by Crippen LogP contribution is 2.76. The monoisotopic (exact) mass is 374 g/mol. The molecule has 1 saturated heterocycles. The zero-order chi connectivity index (χ0) is 19.4. The minimum atomic E-state index is -1.16. The first-order valence-electron chi connectivity index (χ1n) is 10.1. The Balaban J connectivity index is 1.60. The standard InChI is InChI=1S/C22H27FO4/c1-11-6-13-14-8-16(23)15-7-12(25)4-5-21(15,3)22(14)18(27-22)9-20(13,2)19(11)17(26)10-24/h4-5,7,11,13-14,16,18-19,24H,6,8-10H2,1-3H3/t11?,13?,14?,16?,18?,19?,20-,21-,22+/m0/s1. The molecule has 0 bridgehead atoms. The van der Waals surface area contributed by atoms with Gasteiger partial charge in [-0.15, -0.1) is 0 Å². The number of ketones is 2. The van der Waals surface area contributed by atoms with Crippen molar-refractivity contribution in [1.29, 1.82) is 0 Å². The van der Waals surface area contributed by atoms with Crippen LogP contribution in [0.5, 0.6) is 0 Å². The molecule has 5 rings (SSSR count). The van der Waals surface area contributed by atoms with Gasteiger partial charge in [0.05, 0.1) is 6.10 Å². The molecule has 1 N–H and O–H groups in total. The molecular weight excluding hydrogens is 347 g/mol. The predicted molar refractivity (Wildman–Crippen MR) is 96.5 cm³/mol. The molecule has 0 radical (unpaired) electrons. The summed E-state index contributed by atoms with van der Waals surface area (Å²) in [6, 6.07) is 0. The van der Waals surface area contributed by atoms with Crippen LogP contribution >= 0.6 is 0 Å². The van der Waals surface area contributed by atoms with E-state index >= 15 is 4.39 Å². The van der Waals surface area contributed by atoms with Crippen LogP contribution in [0.4, 0.5) is 4.39 Å². The zero-order valence-corrected chi connectivity index (χ0v) is 16.1. The Kier molecular flexibility index (Phi) is 3.40. The first kappa shape index (κ1) is 17.7. The largest absolute Gasteiger partial charge is 0.389 e. The Labute approximate surface area is 158 Å². The smallest absolute Gasteiger partial charge is 0.178 e. The number of carbonyl (C=O) groups is 2. The molecule has 1 aliphatic heterocycles. The number of allylic oxidation sites excluding steroid dienone is 2. The lowest BCUT2D eigenvalue weighted by Gasteiger charge is -2.55. The van der Waals surface area contributed by atoms with Gasteiger partial charge in [0.15, 0.2) is 11.6 Å². The van der Waals surface area contributed by atoms with E-state index in [2.05, 4.69) is 13.8 Å². The van der Waals surface area contributed by atoms with Crippen molar-refractivity contribution in [2.75, 3.05) is 6.61 Å². The topological polar surface area (TPSA) is 66.9 Å². The first-order valence-corrected chi connectivity index (χ1v) is 10.1. The summed E-state index contributed by atoms with van der Waals surface area (Å²) in [5, 5.41) is 9.50. The number of fused-ring (bicyclic) bond motifs is 3. The molecule has 0 aromatic rings. The molecule has 9 atom stereocenters. The Morgan fingerprint density at radius 2 is 2.07 bits per heavy atom. The fourth-order valence-corrected chi connectivity index (χ4v) is 7.79. The van der Waals surface area contributed by atoms with E-state index in [4.69, 9.17) is 4.74 Å². The number of halogens is 1. The van der Waals surface area contributed by atoms with Crippen LogP contribution in [0.15, 0.2) is 23.8 Å². The Bertz CT molecular complexity index is 802. The van der Waals surface area contributed by atoms with E-state index in [1.54, 1.807) is 6.08 Å². The number of carbonyl (C=O) groups excluding carboxylic acids is 2.